The molecule has 0 aliphatic rings. The maximum Gasteiger partial charge on any atom is 0.271 e. The second-order valence-electron chi connectivity index (χ2n) is 4.54. The SMILES string of the molecule is COc1ccc(C(=O)N/N=C/c2ccc(OC)c(OC)c2)cc1. The minimum Gasteiger partial charge on any atom is -0.497 e. The molecule has 2 aromatic carbocycles. The Morgan fingerprint density at radius 3 is 2.26 bits per heavy atom. The zero-order valence-electron chi connectivity index (χ0n) is 13.2. The lowest BCUT2D eigenvalue weighted by Crippen LogP contribution is -2.17. The van der Waals surface area contributed by atoms with E-state index in [0.717, 1.165) is 5.56 Å². The van der Waals surface area contributed by atoms with Gasteiger partial charge in [0.25, 0.3) is 5.91 Å². The van der Waals surface area contributed by atoms with Gasteiger partial charge in [0.15, 0.2) is 11.5 Å². The van der Waals surface area contributed by atoms with Crippen molar-refractivity contribution in [2.24, 2.45) is 5.10 Å². The molecule has 1 amide bonds. The predicted octanol–water partition coefficient (Wildman–Crippen LogP) is 2.48. The molecule has 0 saturated heterocycles. The summed E-state index contributed by atoms with van der Waals surface area (Å²) in [5, 5.41) is 3.94. The number of rotatable bonds is 6. The van der Waals surface area contributed by atoms with E-state index in [9.17, 15) is 4.79 Å². The van der Waals surface area contributed by atoms with Crippen LogP contribution < -0.4 is 19.6 Å². The van der Waals surface area contributed by atoms with Crippen molar-refractivity contribution in [2.75, 3.05) is 21.3 Å². The summed E-state index contributed by atoms with van der Waals surface area (Å²) in [4.78, 5) is 11.9. The summed E-state index contributed by atoms with van der Waals surface area (Å²) in [5.74, 6) is 1.62. The number of methoxy groups -OCH3 is 3. The van der Waals surface area contributed by atoms with E-state index in [-0.39, 0.29) is 5.91 Å². The second-order valence-corrected chi connectivity index (χ2v) is 4.54. The molecule has 2 rings (SSSR count). The molecule has 1 N–H and O–H groups in total. The molecule has 120 valence electrons. The predicted molar refractivity (Wildman–Crippen MR) is 87.6 cm³/mol. The highest BCUT2D eigenvalue weighted by Crippen LogP contribution is 2.26. The van der Waals surface area contributed by atoms with E-state index in [2.05, 4.69) is 10.5 Å². The highest BCUT2D eigenvalue weighted by atomic mass is 16.5. The first-order chi connectivity index (χ1) is 11.2. The molecule has 0 atom stereocenters. The summed E-state index contributed by atoms with van der Waals surface area (Å²) in [7, 11) is 4.70. The first-order valence-electron chi connectivity index (χ1n) is 6.87. The number of nitrogens with zero attached hydrogens (tertiary/aromatic N) is 1. The minimum atomic E-state index is -0.302. The maximum absolute atomic E-state index is 11.9. The van der Waals surface area contributed by atoms with E-state index in [0.29, 0.717) is 22.8 Å². The van der Waals surface area contributed by atoms with Gasteiger partial charge in [-0.1, -0.05) is 0 Å². The number of carbonyl (C=O) groups excluding carboxylic acids is 1. The Balaban J connectivity index is 2.01. The molecule has 2 aromatic rings. The molecule has 0 unspecified atom stereocenters. The van der Waals surface area contributed by atoms with Crippen LogP contribution in [0.4, 0.5) is 0 Å². The van der Waals surface area contributed by atoms with Gasteiger partial charge in [0.1, 0.15) is 5.75 Å². The Morgan fingerprint density at radius 1 is 0.957 bits per heavy atom. The first-order valence-corrected chi connectivity index (χ1v) is 6.87. The number of hydrogen-bond donors (Lipinski definition) is 1. The number of hydrazone groups is 1. The van der Waals surface area contributed by atoms with E-state index in [1.165, 1.54) is 6.21 Å². The van der Waals surface area contributed by atoms with Gasteiger partial charge in [0.05, 0.1) is 27.5 Å². The van der Waals surface area contributed by atoms with Crippen LogP contribution in [0.25, 0.3) is 0 Å². The molecule has 0 spiro atoms. The average molecular weight is 314 g/mol. The zero-order chi connectivity index (χ0) is 16.7. The maximum atomic E-state index is 11.9. The fourth-order valence-corrected chi connectivity index (χ4v) is 1.91. The third-order valence-electron chi connectivity index (χ3n) is 3.14. The summed E-state index contributed by atoms with van der Waals surface area (Å²) < 4.78 is 15.4. The highest BCUT2D eigenvalue weighted by molar-refractivity contribution is 5.95. The fourth-order valence-electron chi connectivity index (χ4n) is 1.91. The molecule has 23 heavy (non-hydrogen) atoms. The van der Waals surface area contributed by atoms with Crippen molar-refractivity contribution in [3.8, 4) is 17.2 Å². The number of hydrogen-bond acceptors (Lipinski definition) is 5. The number of carbonyl (C=O) groups is 1. The van der Waals surface area contributed by atoms with E-state index < -0.39 is 0 Å². The quantitative estimate of drug-likeness (QED) is 0.657. The third-order valence-corrected chi connectivity index (χ3v) is 3.14. The van der Waals surface area contributed by atoms with Crippen molar-refractivity contribution in [1.29, 1.82) is 0 Å². The molecule has 0 aromatic heterocycles. The summed E-state index contributed by atoms with van der Waals surface area (Å²) >= 11 is 0. The lowest BCUT2D eigenvalue weighted by molar-refractivity contribution is 0.0955. The summed E-state index contributed by atoms with van der Waals surface area (Å²) in [5.41, 5.74) is 3.74. The van der Waals surface area contributed by atoms with Gasteiger partial charge in [-0.3, -0.25) is 4.79 Å². The van der Waals surface area contributed by atoms with Crippen LogP contribution in [0.15, 0.2) is 47.6 Å². The lowest BCUT2D eigenvalue weighted by Gasteiger charge is -2.07. The molecule has 6 heteroatoms. The normalized spacial score (nSPS) is 10.4. The van der Waals surface area contributed by atoms with Gasteiger partial charge in [0, 0.05) is 5.56 Å². The van der Waals surface area contributed by atoms with Gasteiger partial charge in [-0.2, -0.15) is 5.10 Å². The average Bonchev–Trinajstić information content (AvgIpc) is 2.61. The lowest BCUT2D eigenvalue weighted by atomic mass is 10.2. The van der Waals surface area contributed by atoms with Crippen LogP contribution >= 0.6 is 0 Å². The zero-order valence-corrected chi connectivity index (χ0v) is 13.2. The number of amides is 1. The van der Waals surface area contributed by atoms with Crippen LogP contribution in [-0.2, 0) is 0 Å². The van der Waals surface area contributed by atoms with Crippen molar-refractivity contribution in [3.63, 3.8) is 0 Å². The van der Waals surface area contributed by atoms with Gasteiger partial charge >= 0.3 is 0 Å². The fraction of sp³-hybridized carbons (Fsp3) is 0.176. The van der Waals surface area contributed by atoms with Crippen molar-refractivity contribution in [2.45, 2.75) is 0 Å². The smallest absolute Gasteiger partial charge is 0.271 e. The molecule has 0 fully saturated rings. The molecule has 0 saturated carbocycles. The summed E-state index contributed by atoms with van der Waals surface area (Å²) in [6.07, 6.45) is 1.53. The van der Waals surface area contributed by atoms with Crippen LogP contribution in [0.2, 0.25) is 0 Å². The van der Waals surface area contributed by atoms with Gasteiger partial charge < -0.3 is 14.2 Å². The van der Waals surface area contributed by atoms with Crippen LogP contribution in [0.3, 0.4) is 0 Å². The van der Waals surface area contributed by atoms with Crippen LogP contribution in [0.5, 0.6) is 17.2 Å². The van der Waals surface area contributed by atoms with Crippen molar-refractivity contribution in [1.82, 2.24) is 5.43 Å². The van der Waals surface area contributed by atoms with Crippen LogP contribution in [0, 0.1) is 0 Å². The van der Waals surface area contributed by atoms with E-state index in [1.54, 1.807) is 57.7 Å². The third kappa shape index (κ3) is 4.23. The topological polar surface area (TPSA) is 69.2 Å². The summed E-state index contributed by atoms with van der Waals surface area (Å²) in [6.45, 7) is 0. The molecule has 6 nitrogen and oxygen atoms in total. The molecule has 0 heterocycles. The standard InChI is InChI=1S/C17H18N2O4/c1-21-14-7-5-13(6-8-14)17(20)19-18-11-12-4-9-15(22-2)16(10-12)23-3/h4-11H,1-3H3,(H,19,20)/b18-11+. The Bertz CT molecular complexity index is 696. The Morgan fingerprint density at radius 2 is 1.65 bits per heavy atom. The molecule has 0 aliphatic heterocycles. The van der Waals surface area contributed by atoms with E-state index in [4.69, 9.17) is 14.2 Å². The first kappa shape index (κ1) is 16.4. The molecular formula is C17H18N2O4. The number of benzene rings is 2. The molecule has 0 bridgehead atoms. The highest BCUT2D eigenvalue weighted by Gasteiger charge is 2.05. The van der Waals surface area contributed by atoms with Crippen molar-refractivity contribution >= 4 is 12.1 Å². The Hall–Kier alpha value is -3.02. The van der Waals surface area contributed by atoms with Crippen molar-refractivity contribution in [3.05, 3.63) is 53.6 Å². The molecule has 0 radical (unpaired) electrons. The Kier molecular flexibility index (Phi) is 5.57. The van der Waals surface area contributed by atoms with Crippen molar-refractivity contribution < 1.29 is 19.0 Å². The number of ether oxygens (including phenoxy) is 3. The second kappa shape index (κ2) is 7.84. The minimum absolute atomic E-state index is 0.302. The summed E-state index contributed by atoms with van der Waals surface area (Å²) in [6, 6.07) is 12.1. The van der Waals surface area contributed by atoms with Gasteiger partial charge in [-0.05, 0) is 48.0 Å². The number of nitrogens with one attached hydrogen (secondary N) is 1. The largest absolute Gasteiger partial charge is 0.497 e. The van der Waals surface area contributed by atoms with E-state index in [1.807, 2.05) is 6.07 Å². The van der Waals surface area contributed by atoms with Crippen LogP contribution in [0.1, 0.15) is 15.9 Å². The van der Waals surface area contributed by atoms with Crippen LogP contribution in [-0.4, -0.2) is 33.5 Å². The Labute approximate surface area is 134 Å². The van der Waals surface area contributed by atoms with Gasteiger partial charge in [-0.25, -0.2) is 5.43 Å². The van der Waals surface area contributed by atoms with Gasteiger partial charge in [0.2, 0.25) is 0 Å². The molecular weight excluding hydrogens is 296 g/mol. The molecule has 0 aliphatic carbocycles. The monoisotopic (exact) mass is 314 g/mol. The van der Waals surface area contributed by atoms with E-state index >= 15 is 0 Å². The van der Waals surface area contributed by atoms with Gasteiger partial charge in [-0.15, -0.1) is 0 Å².